The number of halogens is 6. The molecule has 0 unspecified atom stereocenters. The van der Waals surface area contributed by atoms with Gasteiger partial charge in [0, 0.05) is 32.0 Å². The summed E-state index contributed by atoms with van der Waals surface area (Å²) in [5.41, 5.74) is -0.158. The molecule has 20 heteroatoms. The molecular formula is C33H30F6N6O8. The minimum atomic E-state index is -4.86. The molecule has 2 aromatic carbocycles. The lowest BCUT2D eigenvalue weighted by Gasteiger charge is -2.30. The van der Waals surface area contributed by atoms with Crippen LogP contribution in [0.1, 0.15) is 29.8 Å². The third-order valence-electron chi connectivity index (χ3n) is 8.09. The summed E-state index contributed by atoms with van der Waals surface area (Å²) in [5, 5.41) is 2.30. The molecule has 6 rings (SSSR count). The Kier molecular flexibility index (Phi) is 10.8. The monoisotopic (exact) mass is 752 g/mol. The average Bonchev–Trinajstić information content (AvgIpc) is 3.51. The van der Waals surface area contributed by atoms with Gasteiger partial charge in [-0.2, -0.15) is 0 Å². The molecule has 3 aromatic rings. The van der Waals surface area contributed by atoms with Crippen molar-refractivity contribution in [2.45, 2.75) is 38.7 Å². The molecule has 3 aliphatic heterocycles. The third-order valence-corrected chi connectivity index (χ3v) is 8.09. The van der Waals surface area contributed by atoms with Crippen LogP contribution in [0.3, 0.4) is 0 Å². The number of ether oxygens (including phenoxy) is 3. The summed E-state index contributed by atoms with van der Waals surface area (Å²) in [6.07, 6.45) is -6.71. The van der Waals surface area contributed by atoms with Gasteiger partial charge in [-0.15, -0.1) is 26.3 Å². The van der Waals surface area contributed by atoms with Gasteiger partial charge in [-0.05, 0) is 74.0 Å². The van der Waals surface area contributed by atoms with Gasteiger partial charge in [0.1, 0.15) is 17.0 Å². The number of alkyl halides is 6. The molecule has 3 saturated heterocycles. The van der Waals surface area contributed by atoms with Crippen molar-refractivity contribution in [3.05, 3.63) is 78.1 Å². The van der Waals surface area contributed by atoms with Crippen LogP contribution in [0.5, 0.6) is 11.5 Å². The van der Waals surface area contributed by atoms with E-state index in [1.54, 1.807) is 24.8 Å². The van der Waals surface area contributed by atoms with E-state index in [-0.39, 0.29) is 30.4 Å². The fourth-order valence-electron chi connectivity index (χ4n) is 5.47. The normalized spacial score (nSPS) is 17.4. The van der Waals surface area contributed by atoms with Crippen LogP contribution in [0.2, 0.25) is 0 Å². The van der Waals surface area contributed by atoms with E-state index in [0.717, 1.165) is 34.1 Å². The molecule has 1 N–H and O–H groups in total. The zero-order chi connectivity index (χ0) is 38.7. The second kappa shape index (κ2) is 15.0. The van der Waals surface area contributed by atoms with Crippen molar-refractivity contribution in [3.8, 4) is 11.5 Å². The van der Waals surface area contributed by atoms with Gasteiger partial charge in [-0.1, -0.05) is 0 Å². The van der Waals surface area contributed by atoms with E-state index in [0.29, 0.717) is 37.4 Å². The number of pyridine rings is 1. The van der Waals surface area contributed by atoms with Gasteiger partial charge in [0.05, 0.1) is 36.7 Å². The number of morpholine rings is 1. The topological polar surface area (TPSA) is 151 Å². The average molecular weight is 753 g/mol. The number of carbonyl (C=O) groups excluding carboxylic acids is 5. The van der Waals surface area contributed by atoms with Crippen molar-refractivity contribution in [1.82, 2.24) is 20.1 Å². The lowest BCUT2D eigenvalue weighted by Crippen LogP contribution is -2.44. The summed E-state index contributed by atoms with van der Waals surface area (Å²) in [4.78, 5) is 70.9. The maximum atomic E-state index is 13.3. The molecule has 0 radical (unpaired) electrons. The summed E-state index contributed by atoms with van der Waals surface area (Å²) in [5.74, 6) is -2.16. The standard InChI is InChI=1S/C23H23F3N4O5.C10H7F3N2O3/c1-22(2)20(32)30(16-3-5-17(6-4-16)35-23(24,25)26)21(33)29(22)14-15-7-8-27-13-18(15)19(31)28-9-11-34-12-10-28;11-10(12,13)18-7-3-1-6(2-4-7)15-8(16)5-14-9(15)17/h3-8,13H,9-12,14H2,1-2H3;1-4H,5H2,(H,14,17). The Hall–Kier alpha value is -5.92. The number of anilines is 2. The molecule has 0 bridgehead atoms. The van der Waals surface area contributed by atoms with Crippen LogP contribution in [-0.2, 0) is 20.9 Å². The van der Waals surface area contributed by atoms with Crippen LogP contribution in [0.25, 0.3) is 0 Å². The number of aromatic nitrogens is 1. The zero-order valence-electron chi connectivity index (χ0n) is 27.9. The Morgan fingerprint density at radius 2 is 1.36 bits per heavy atom. The van der Waals surface area contributed by atoms with Crippen LogP contribution >= 0.6 is 0 Å². The highest BCUT2D eigenvalue weighted by Crippen LogP contribution is 2.35. The lowest BCUT2D eigenvalue weighted by molar-refractivity contribution is -0.275. The van der Waals surface area contributed by atoms with Crippen molar-refractivity contribution >= 4 is 41.2 Å². The number of urea groups is 2. The van der Waals surface area contributed by atoms with Crippen LogP contribution in [0.4, 0.5) is 47.3 Å². The molecule has 1 aromatic heterocycles. The van der Waals surface area contributed by atoms with E-state index in [1.807, 2.05) is 0 Å². The SMILES string of the molecule is CC1(C)C(=O)N(c2ccc(OC(F)(F)F)cc2)C(=O)N1Cc1ccncc1C(=O)N1CCOCC1.O=C1CNC(=O)N1c1ccc(OC(F)(F)F)cc1. The van der Waals surface area contributed by atoms with Gasteiger partial charge < -0.3 is 29.3 Å². The van der Waals surface area contributed by atoms with E-state index in [4.69, 9.17) is 4.74 Å². The van der Waals surface area contributed by atoms with Crippen LogP contribution in [0, 0.1) is 0 Å². The predicted octanol–water partition coefficient (Wildman–Crippen LogP) is 4.84. The van der Waals surface area contributed by atoms with Gasteiger partial charge in [-0.25, -0.2) is 19.4 Å². The Balaban J connectivity index is 0.000000252. The summed E-state index contributed by atoms with van der Waals surface area (Å²) in [6.45, 7) is 4.68. The van der Waals surface area contributed by atoms with Gasteiger partial charge in [0.2, 0.25) is 0 Å². The molecule has 4 heterocycles. The summed E-state index contributed by atoms with van der Waals surface area (Å²) in [7, 11) is 0. The first kappa shape index (κ1) is 38.3. The molecule has 0 atom stereocenters. The minimum absolute atomic E-state index is 0.0444. The third kappa shape index (κ3) is 8.94. The highest BCUT2D eigenvalue weighted by atomic mass is 19.4. The van der Waals surface area contributed by atoms with Gasteiger partial charge in [-0.3, -0.25) is 19.4 Å². The van der Waals surface area contributed by atoms with Crippen molar-refractivity contribution < 1.29 is 64.5 Å². The maximum Gasteiger partial charge on any atom is 0.573 e. The van der Waals surface area contributed by atoms with Crippen LogP contribution in [0.15, 0.2) is 67.0 Å². The number of hydrogen-bond donors (Lipinski definition) is 1. The maximum absolute atomic E-state index is 13.3. The largest absolute Gasteiger partial charge is 0.573 e. The highest BCUT2D eigenvalue weighted by Gasteiger charge is 2.52. The minimum Gasteiger partial charge on any atom is -0.406 e. The van der Waals surface area contributed by atoms with Crippen molar-refractivity contribution in [2.75, 3.05) is 42.6 Å². The second-order valence-corrected chi connectivity index (χ2v) is 12.0. The molecule has 3 fully saturated rings. The number of nitrogens with one attached hydrogen (secondary N) is 1. The fraction of sp³-hybridized carbons (Fsp3) is 0.333. The molecule has 3 aliphatic rings. The zero-order valence-corrected chi connectivity index (χ0v) is 27.9. The predicted molar refractivity (Wildman–Crippen MR) is 171 cm³/mol. The fourth-order valence-corrected chi connectivity index (χ4v) is 5.47. The van der Waals surface area contributed by atoms with Crippen molar-refractivity contribution in [1.29, 1.82) is 0 Å². The number of benzene rings is 2. The molecule has 282 valence electrons. The Bertz CT molecular complexity index is 1850. The molecule has 53 heavy (non-hydrogen) atoms. The number of rotatable bonds is 7. The Labute approximate surface area is 296 Å². The number of imide groups is 2. The second-order valence-electron chi connectivity index (χ2n) is 12.0. The van der Waals surface area contributed by atoms with E-state index in [2.05, 4.69) is 19.8 Å². The van der Waals surface area contributed by atoms with E-state index < -0.39 is 53.6 Å². The van der Waals surface area contributed by atoms with E-state index >= 15 is 0 Å². The highest BCUT2D eigenvalue weighted by molar-refractivity contribution is 6.23. The summed E-state index contributed by atoms with van der Waals surface area (Å²) < 4.78 is 85.9. The Morgan fingerprint density at radius 3 is 1.85 bits per heavy atom. The summed E-state index contributed by atoms with van der Waals surface area (Å²) in [6, 6.07) is 9.27. The first-order chi connectivity index (χ1) is 24.9. The van der Waals surface area contributed by atoms with Gasteiger partial charge in [0.15, 0.2) is 0 Å². The molecule has 7 amide bonds. The van der Waals surface area contributed by atoms with Crippen LogP contribution < -0.4 is 24.6 Å². The quantitative estimate of drug-likeness (QED) is 0.264. The first-order valence-electron chi connectivity index (χ1n) is 15.6. The summed E-state index contributed by atoms with van der Waals surface area (Å²) >= 11 is 0. The number of hydrogen-bond acceptors (Lipinski definition) is 9. The number of amides is 7. The molecule has 0 spiro atoms. The number of carbonyl (C=O) groups is 5. The smallest absolute Gasteiger partial charge is 0.406 e. The molecule has 14 nitrogen and oxygen atoms in total. The molecule has 0 aliphatic carbocycles. The lowest BCUT2D eigenvalue weighted by atomic mass is 10.0. The van der Waals surface area contributed by atoms with Gasteiger partial charge >= 0.3 is 24.8 Å². The van der Waals surface area contributed by atoms with E-state index in [9.17, 15) is 50.3 Å². The molecular weight excluding hydrogens is 722 g/mol. The van der Waals surface area contributed by atoms with Crippen molar-refractivity contribution in [3.63, 3.8) is 0 Å². The van der Waals surface area contributed by atoms with Crippen molar-refractivity contribution in [2.24, 2.45) is 0 Å². The van der Waals surface area contributed by atoms with Gasteiger partial charge in [0.25, 0.3) is 17.7 Å². The number of nitrogens with zero attached hydrogens (tertiary/aromatic N) is 5. The van der Waals surface area contributed by atoms with Crippen LogP contribution in [-0.4, -0.2) is 95.7 Å². The Morgan fingerprint density at radius 1 is 0.830 bits per heavy atom. The first-order valence-corrected chi connectivity index (χ1v) is 15.6. The molecule has 0 saturated carbocycles. The van der Waals surface area contributed by atoms with E-state index in [1.165, 1.54) is 41.6 Å².